The van der Waals surface area contributed by atoms with E-state index in [9.17, 15) is 4.79 Å². The lowest BCUT2D eigenvalue weighted by Crippen LogP contribution is -2.24. The van der Waals surface area contributed by atoms with Crippen LogP contribution in [0.5, 0.6) is 0 Å². The van der Waals surface area contributed by atoms with Crippen molar-refractivity contribution in [1.82, 2.24) is 9.88 Å². The lowest BCUT2D eigenvalue weighted by atomic mass is 9.99. The molecule has 1 saturated heterocycles. The van der Waals surface area contributed by atoms with E-state index >= 15 is 0 Å². The number of hydrogen-bond acceptors (Lipinski definition) is 5. The zero-order valence-corrected chi connectivity index (χ0v) is 10.8. The second-order valence-electron chi connectivity index (χ2n) is 4.88. The number of rotatable bonds is 3. The molecule has 98 valence electrons. The quantitative estimate of drug-likeness (QED) is 0.806. The summed E-state index contributed by atoms with van der Waals surface area (Å²) in [6.07, 6.45) is 1.71. The number of aromatic nitrogens is 1. The van der Waals surface area contributed by atoms with E-state index in [-0.39, 0.29) is 11.9 Å². The van der Waals surface area contributed by atoms with Gasteiger partial charge in [-0.05, 0) is 18.1 Å². The van der Waals surface area contributed by atoms with Crippen molar-refractivity contribution in [1.29, 1.82) is 0 Å². The van der Waals surface area contributed by atoms with Crippen molar-refractivity contribution in [3.63, 3.8) is 0 Å². The number of esters is 1. The second-order valence-corrected chi connectivity index (χ2v) is 4.88. The minimum Gasteiger partial charge on any atom is -0.469 e. The van der Waals surface area contributed by atoms with Crippen molar-refractivity contribution in [2.24, 2.45) is 11.8 Å². The minimum absolute atomic E-state index is 0.0314. The number of nitrogens with zero attached hydrogens (tertiary/aromatic N) is 2. The van der Waals surface area contributed by atoms with Gasteiger partial charge in [-0.15, -0.1) is 0 Å². The van der Waals surface area contributed by atoms with Gasteiger partial charge in [-0.25, -0.2) is 0 Å². The van der Waals surface area contributed by atoms with Crippen LogP contribution in [0.25, 0.3) is 0 Å². The Bertz CT molecular complexity index is 436. The number of ether oxygens (including phenoxy) is 1. The number of anilines is 1. The van der Waals surface area contributed by atoms with Gasteiger partial charge in [-0.2, -0.15) is 0 Å². The maximum atomic E-state index is 11.6. The second kappa shape index (κ2) is 5.35. The topological polar surface area (TPSA) is 68.5 Å². The zero-order chi connectivity index (χ0) is 13.1. The summed E-state index contributed by atoms with van der Waals surface area (Å²) in [4.78, 5) is 18.1. The third-order valence-corrected chi connectivity index (χ3v) is 3.42. The van der Waals surface area contributed by atoms with Gasteiger partial charge in [-0.3, -0.25) is 14.7 Å². The molecule has 2 heterocycles. The molecule has 0 amide bonds. The standard InChI is InChI=1S/C13H19N3O2/c1-9-6-16(8-12(9)13(17)18-2)7-11-5-10(14)3-4-15-11/h3-5,9,12H,6-8H2,1-2H3,(H2,14,15). The van der Waals surface area contributed by atoms with E-state index in [4.69, 9.17) is 10.5 Å². The Labute approximate surface area is 107 Å². The average Bonchev–Trinajstić information content (AvgIpc) is 2.69. The molecule has 5 nitrogen and oxygen atoms in total. The van der Waals surface area contributed by atoms with E-state index < -0.39 is 0 Å². The smallest absolute Gasteiger partial charge is 0.310 e. The van der Waals surface area contributed by atoms with Gasteiger partial charge in [0.05, 0.1) is 18.7 Å². The molecule has 0 spiro atoms. The first-order valence-electron chi connectivity index (χ1n) is 6.10. The molecule has 0 radical (unpaired) electrons. The highest BCUT2D eigenvalue weighted by molar-refractivity contribution is 5.73. The summed E-state index contributed by atoms with van der Waals surface area (Å²) in [5.41, 5.74) is 7.38. The van der Waals surface area contributed by atoms with E-state index in [0.717, 1.165) is 31.0 Å². The van der Waals surface area contributed by atoms with Gasteiger partial charge in [-0.1, -0.05) is 6.92 Å². The van der Waals surface area contributed by atoms with E-state index in [1.165, 1.54) is 7.11 Å². The fraction of sp³-hybridized carbons (Fsp3) is 0.538. The van der Waals surface area contributed by atoms with Crippen LogP contribution in [0.4, 0.5) is 5.69 Å². The third kappa shape index (κ3) is 2.79. The maximum absolute atomic E-state index is 11.6. The summed E-state index contributed by atoms with van der Waals surface area (Å²) in [5.74, 6) is 0.167. The van der Waals surface area contributed by atoms with Crippen molar-refractivity contribution in [3.8, 4) is 0 Å². The predicted molar refractivity (Wildman–Crippen MR) is 68.6 cm³/mol. The van der Waals surface area contributed by atoms with Crippen molar-refractivity contribution >= 4 is 11.7 Å². The summed E-state index contributed by atoms with van der Waals surface area (Å²) >= 11 is 0. The Balaban J connectivity index is 1.98. The SMILES string of the molecule is COC(=O)C1CN(Cc2cc(N)ccn2)CC1C. The molecule has 0 aromatic carbocycles. The van der Waals surface area contributed by atoms with Crippen LogP contribution in [-0.2, 0) is 16.1 Å². The van der Waals surface area contributed by atoms with Crippen LogP contribution >= 0.6 is 0 Å². The molecule has 2 atom stereocenters. The molecule has 18 heavy (non-hydrogen) atoms. The number of nitrogens with two attached hydrogens (primary N) is 1. The molecule has 2 rings (SSSR count). The van der Waals surface area contributed by atoms with E-state index in [1.807, 2.05) is 6.07 Å². The highest BCUT2D eigenvalue weighted by Gasteiger charge is 2.35. The van der Waals surface area contributed by atoms with Crippen molar-refractivity contribution in [2.45, 2.75) is 13.5 Å². The number of pyridine rings is 1. The number of likely N-dealkylation sites (tertiary alicyclic amines) is 1. The number of hydrogen-bond donors (Lipinski definition) is 1. The van der Waals surface area contributed by atoms with Crippen LogP contribution in [0.1, 0.15) is 12.6 Å². The Morgan fingerprint density at radius 3 is 3.06 bits per heavy atom. The summed E-state index contributed by atoms with van der Waals surface area (Å²) in [6.45, 7) is 4.41. The van der Waals surface area contributed by atoms with Crippen molar-refractivity contribution < 1.29 is 9.53 Å². The van der Waals surface area contributed by atoms with Crippen LogP contribution in [0, 0.1) is 11.8 Å². The van der Waals surface area contributed by atoms with E-state index in [2.05, 4.69) is 16.8 Å². The molecule has 1 aromatic rings. The van der Waals surface area contributed by atoms with E-state index in [1.54, 1.807) is 12.3 Å². The molecule has 2 unspecified atom stereocenters. The Morgan fingerprint density at radius 2 is 2.39 bits per heavy atom. The van der Waals surface area contributed by atoms with Gasteiger partial charge in [0, 0.05) is 31.5 Å². The molecule has 1 fully saturated rings. The van der Waals surface area contributed by atoms with Crippen LogP contribution in [-0.4, -0.2) is 36.1 Å². The fourth-order valence-electron chi connectivity index (χ4n) is 2.47. The van der Waals surface area contributed by atoms with Gasteiger partial charge in [0.15, 0.2) is 0 Å². The van der Waals surface area contributed by atoms with Crippen molar-refractivity contribution in [3.05, 3.63) is 24.0 Å². The van der Waals surface area contributed by atoms with Crippen molar-refractivity contribution in [2.75, 3.05) is 25.9 Å². The van der Waals surface area contributed by atoms with Crippen LogP contribution < -0.4 is 5.73 Å². The molecule has 1 aliphatic heterocycles. The lowest BCUT2D eigenvalue weighted by Gasteiger charge is -2.14. The third-order valence-electron chi connectivity index (χ3n) is 3.42. The van der Waals surface area contributed by atoms with Gasteiger partial charge in [0.1, 0.15) is 0 Å². The van der Waals surface area contributed by atoms with Gasteiger partial charge >= 0.3 is 5.97 Å². The maximum Gasteiger partial charge on any atom is 0.310 e. The number of methoxy groups -OCH3 is 1. The van der Waals surface area contributed by atoms with Crippen LogP contribution in [0.2, 0.25) is 0 Å². The largest absolute Gasteiger partial charge is 0.469 e. The summed E-state index contributed by atoms with van der Waals surface area (Å²) in [7, 11) is 1.44. The Hall–Kier alpha value is -1.62. The predicted octanol–water partition coefficient (Wildman–Crippen LogP) is 0.905. The summed E-state index contributed by atoms with van der Waals surface area (Å²) < 4.78 is 4.82. The number of carbonyl (C=O) groups excluding carboxylic acids is 1. The lowest BCUT2D eigenvalue weighted by molar-refractivity contribution is -0.146. The van der Waals surface area contributed by atoms with Gasteiger partial charge in [0.2, 0.25) is 0 Å². The molecule has 1 aromatic heterocycles. The Morgan fingerprint density at radius 1 is 1.61 bits per heavy atom. The first kappa shape index (κ1) is 12.8. The molecule has 0 aliphatic carbocycles. The molecule has 5 heteroatoms. The minimum atomic E-state index is -0.120. The Kier molecular flexibility index (Phi) is 3.81. The number of nitrogen functional groups attached to an aromatic ring is 1. The first-order chi connectivity index (χ1) is 8.60. The first-order valence-corrected chi connectivity index (χ1v) is 6.10. The number of carbonyl (C=O) groups is 1. The average molecular weight is 249 g/mol. The molecule has 1 aliphatic rings. The van der Waals surface area contributed by atoms with Crippen LogP contribution in [0.15, 0.2) is 18.3 Å². The van der Waals surface area contributed by atoms with Gasteiger partial charge < -0.3 is 10.5 Å². The molecular formula is C13H19N3O2. The monoisotopic (exact) mass is 249 g/mol. The fourth-order valence-corrected chi connectivity index (χ4v) is 2.47. The molecule has 0 saturated carbocycles. The molecule has 0 bridgehead atoms. The molecule has 2 N–H and O–H groups in total. The van der Waals surface area contributed by atoms with E-state index in [0.29, 0.717) is 5.92 Å². The summed E-state index contributed by atoms with van der Waals surface area (Å²) in [6, 6.07) is 3.64. The molecular weight excluding hydrogens is 230 g/mol. The highest BCUT2D eigenvalue weighted by atomic mass is 16.5. The normalized spacial score (nSPS) is 24.1. The highest BCUT2D eigenvalue weighted by Crippen LogP contribution is 2.25. The summed E-state index contributed by atoms with van der Waals surface area (Å²) in [5, 5.41) is 0. The van der Waals surface area contributed by atoms with Gasteiger partial charge in [0.25, 0.3) is 0 Å². The van der Waals surface area contributed by atoms with Crippen LogP contribution in [0.3, 0.4) is 0 Å². The zero-order valence-electron chi connectivity index (χ0n) is 10.8.